The second-order valence-electron chi connectivity index (χ2n) is 7.16. The van der Waals surface area contributed by atoms with Crippen LogP contribution in [-0.2, 0) is 6.54 Å². The van der Waals surface area contributed by atoms with Gasteiger partial charge in [0.05, 0.1) is 0 Å². The van der Waals surface area contributed by atoms with Crippen LogP contribution >= 0.6 is 0 Å². The van der Waals surface area contributed by atoms with Crippen molar-refractivity contribution < 1.29 is 0 Å². The molecular formula is C23H27N5. The predicted octanol–water partition coefficient (Wildman–Crippen LogP) is 4.02. The lowest BCUT2D eigenvalue weighted by Gasteiger charge is -2.34. The summed E-state index contributed by atoms with van der Waals surface area (Å²) in [6.45, 7) is 9.06. The summed E-state index contributed by atoms with van der Waals surface area (Å²) in [7, 11) is 0. The average Bonchev–Trinajstić information content (AvgIpc) is 2.76. The molecule has 28 heavy (non-hydrogen) atoms. The highest BCUT2D eigenvalue weighted by Crippen LogP contribution is 2.20. The number of benzene rings is 2. The number of rotatable bonds is 6. The maximum Gasteiger partial charge on any atom is 0.161 e. The number of aromatic nitrogens is 2. The van der Waals surface area contributed by atoms with E-state index in [1.165, 1.54) is 18.7 Å². The fourth-order valence-corrected chi connectivity index (χ4v) is 3.52. The number of hydrogen-bond acceptors (Lipinski definition) is 5. The van der Waals surface area contributed by atoms with E-state index in [0.29, 0.717) is 0 Å². The molecule has 144 valence electrons. The Morgan fingerprint density at radius 3 is 2.29 bits per heavy atom. The molecule has 1 aliphatic rings. The summed E-state index contributed by atoms with van der Waals surface area (Å²) in [6.07, 6.45) is 1.79. The van der Waals surface area contributed by atoms with E-state index in [9.17, 15) is 0 Å². The van der Waals surface area contributed by atoms with Crippen LogP contribution in [-0.4, -0.2) is 52.5 Å². The molecule has 5 heteroatoms. The van der Waals surface area contributed by atoms with Gasteiger partial charge in [0.25, 0.3) is 0 Å². The Balaban J connectivity index is 1.37. The summed E-state index contributed by atoms with van der Waals surface area (Å²) in [5.41, 5.74) is 3.41. The Morgan fingerprint density at radius 1 is 0.857 bits per heavy atom. The van der Waals surface area contributed by atoms with Gasteiger partial charge in [-0.2, -0.15) is 0 Å². The predicted molar refractivity (Wildman–Crippen MR) is 115 cm³/mol. The minimum Gasteiger partial charge on any atom is -0.340 e. The zero-order chi connectivity index (χ0) is 19.2. The summed E-state index contributed by atoms with van der Waals surface area (Å²) in [6, 6.07) is 20.6. The van der Waals surface area contributed by atoms with Gasteiger partial charge in [0.2, 0.25) is 0 Å². The number of nitrogens with zero attached hydrogens (tertiary/aromatic N) is 4. The maximum absolute atomic E-state index is 4.63. The van der Waals surface area contributed by atoms with E-state index in [1.807, 2.05) is 36.4 Å². The fraction of sp³-hybridized carbons (Fsp3) is 0.304. The monoisotopic (exact) mass is 373 g/mol. The molecule has 0 saturated carbocycles. The lowest BCUT2D eigenvalue weighted by molar-refractivity contribution is 0.132. The van der Waals surface area contributed by atoms with Gasteiger partial charge in [-0.25, -0.2) is 9.97 Å². The van der Waals surface area contributed by atoms with Crippen molar-refractivity contribution in [1.29, 1.82) is 0 Å². The third kappa shape index (κ3) is 4.74. The lowest BCUT2D eigenvalue weighted by Crippen LogP contribution is -2.45. The van der Waals surface area contributed by atoms with Crippen molar-refractivity contribution in [3.63, 3.8) is 0 Å². The summed E-state index contributed by atoms with van der Waals surface area (Å²) >= 11 is 0. The molecule has 0 atom stereocenters. The molecule has 1 N–H and O–H groups in total. The van der Waals surface area contributed by atoms with E-state index in [2.05, 4.69) is 56.3 Å². The third-order valence-electron chi connectivity index (χ3n) is 5.23. The van der Waals surface area contributed by atoms with Gasteiger partial charge >= 0.3 is 0 Å². The SMILES string of the molecule is CCN1CCN(Cc2ccc(Nc3ccnc(-c4ccccc4)n3)cc2)CC1. The molecule has 0 radical (unpaired) electrons. The molecule has 0 bridgehead atoms. The van der Waals surface area contributed by atoms with Crippen LogP contribution in [0, 0.1) is 0 Å². The van der Waals surface area contributed by atoms with E-state index in [-0.39, 0.29) is 0 Å². The first-order chi connectivity index (χ1) is 13.8. The zero-order valence-corrected chi connectivity index (χ0v) is 16.4. The van der Waals surface area contributed by atoms with Gasteiger partial charge in [0.1, 0.15) is 5.82 Å². The Labute approximate surface area is 167 Å². The zero-order valence-electron chi connectivity index (χ0n) is 16.4. The molecule has 0 aliphatic carbocycles. The van der Waals surface area contributed by atoms with Crippen LogP contribution < -0.4 is 5.32 Å². The molecule has 4 rings (SSSR count). The molecular weight excluding hydrogens is 346 g/mol. The van der Waals surface area contributed by atoms with Crippen molar-refractivity contribution in [3.05, 3.63) is 72.4 Å². The summed E-state index contributed by atoms with van der Waals surface area (Å²) in [5.74, 6) is 1.53. The molecule has 0 amide bonds. The van der Waals surface area contributed by atoms with Crippen LogP contribution in [0.25, 0.3) is 11.4 Å². The van der Waals surface area contributed by atoms with Crippen LogP contribution in [0.2, 0.25) is 0 Å². The van der Waals surface area contributed by atoms with Gasteiger partial charge in [0, 0.05) is 50.2 Å². The quantitative estimate of drug-likeness (QED) is 0.707. The van der Waals surface area contributed by atoms with Crippen LogP contribution in [0.3, 0.4) is 0 Å². The second kappa shape index (κ2) is 8.95. The topological polar surface area (TPSA) is 44.3 Å². The normalized spacial score (nSPS) is 15.5. The first kappa shape index (κ1) is 18.6. The largest absolute Gasteiger partial charge is 0.340 e. The summed E-state index contributed by atoms with van der Waals surface area (Å²) < 4.78 is 0. The number of piperazine rings is 1. The number of nitrogens with one attached hydrogen (secondary N) is 1. The number of hydrogen-bond donors (Lipinski definition) is 1. The van der Waals surface area contributed by atoms with Crippen molar-refractivity contribution in [1.82, 2.24) is 19.8 Å². The second-order valence-corrected chi connectivity index (χ2v) is 7.16. The standard InChI is InChI=1S/C23H27N5/c1-2-27-14-16-28(17-15-27)18-19-8-10-21(11-9-19)25-22-12-13-24-23(26-22)20-6-4-3-5-7-20/h3-13H,2,14-18H2,1H3,(H,24,25,26). The molecule has 3 aromatic rings. The van der Waals surface area contributed by atoms with Gasteiger partial charge < -0.3 is 10.2 Å². The molecule has 0 unspecified atom stereocenters. The van der Waals surface area contributed by atoms with E-state index in [0.717, 1.165) is 49.1 Å². The Bertz CT molecular complexity index is 871. The van der Waals surface area contributed by atoms with Crippen molar-refractivity contribution in [2.24, 2.45) is 0 Å². The van der Waals surface area contributed by atoms with E-state index < -0.39 is 0 Å². The number of anilines is 2. The minimum absolute atomic E-state index is 0.730. The first-order valence-corrected chi connectivity index (χ1v) is 9.99. The molecule has 2 heterocycles. The Morgan fingerprint density at radius 2 is 1.57 bits per heavy atom. The first-order valence-electron chi connectivity index (χ1n) is 9.99. The van der Waals surface area contributed by atoms with Gasteiger partial charge in [-0.15, -0.1) is 0 Å². The smallest absolute Gasteiger partial charge is 0.161 e. The third-order valence-corrected chi connectivity index (χ3v) is 5.23. The highest BCUT2D eigenvalue weighted by molar-refractivity contribution is 5.61. The van der Waals surface area contributed by atoms with Gasteiger partial charge in [0.15, 0.2) is 5.82 Å². The highest BCUT2D eigenvalue weighted by atomic mass is 15.3. The minimum atomic E-state index is 0.730. The lowest BCUT2D eigenvalue weighted by atomic mass is 10.1. The average molecular weight is 374 g/mol. The van der Waals surface area contributed by atoms with Crippen LogP contribution in [0.15, 0.2) is 66.9 Å². The van der Waals surface area contributed by atoms with Gasteiger partial charge in [-0.05, 0) is 30.3 Å². The van der Waals surface area contributed by atoms with Crippen molar-refractivity contribution in [2.75, 3.05) is 38.0 Å². The van der Waals surface area contributed by atoms with E-state index >= 15 is 0 Å². The molecule has 1 fully saturated rings. The molecule has 2 aromatic carbocycles. The maximum atomic E-state index is 4.63. The van der Waals surface area contributed by atoms with Gasteiger partial charge in [-0.3, -0.25) is 4.90 Å². The Hall–Kier alpha value is -2.76. The molecule has 1 aromatic heterocycles. The van der Waals surface area contributed by atoms with Crippen LogP contribution in [0.1, 0.15) is 12.5 Å². The highest BCUT2D eigenvalue weighted by Gasteiger charge is 2.15. The van der Waals surface area contributed by atoms with Crippen molar-refractivity contribution >= 4 is 11.5 Å². The summed E-state index contributed by atoms with van der Waals surface area (Å²) in [4.78, 5) is 14.1. The van der Waals surface area contributed by atoms with E-state index in [4.69, 9.17) is 0 Å². The molecule has 0 spiro atoms. The molecule has 1 aliphatic heterocycles. The van der Waals surface area contributed by atoms with Crippen molar-refractivity contribution in [3.8, 4) is 11.4 Å². The fourth-order valence-electron chi connectivity index (χ4n) is 3.52. The van der Waals surface area contributed by atoms with Crippen LogP contribution in [0.5, 0.6) is 0 Å². The van der Waals surface area contributed by atoms with E-state index in [1.54, 1.807) is 6.20 Å². The molecule has 1 saturated heterocycles. The Kier molecular flexibility index (Phi) is 5.95. The van der Waals surface area contributed by atoms with Gasteiger partial charge in [-0.1, -0.05) is 49.4 Å². The number of likely N-dealkylation sites (N-methyl/N-ethyl adjacent to an activating group) is 1. The van der Waals surface area contributed by atoms with Crippen LogP contribution in [0.4, 0.5) is 11.5 Å². The van der Waals surface area contributed by atoms with Crippen molar-refractivity contribution in [2.45, 2.75) is 13.5 Å². The molecule has 5 nitrogen and oxygen atoms in total. The summed E-state index contributed by atoms with van der Waals surface area (Å²) in [5, 5.41) is 3.39.